The SMILES string of the molecule is COc1ccccc1C(c1ccccc1)C(CC#N)CC#N. The highest BCUT2D eigenvalue weighted by molar-refractivity contribution is 5.43. The van der Waals surface area contributed by atoms with Crippen LogP contribution in [0.3, 0.4) is 0 Å². The molecule has 0 N–H and O–H groups in total. The van der Waals surface area contributed by atoms with E-state index in [1.54, 1.807) is 7.11 Å². The summed E-state index contributed by atoms with van der Waals surface area (Å²) in [6.07, 6.45) is 0.677. The van der Waals surface area contributed by atoms with Crippen LogP contribution in [-0.4, -0.2) is 7.11 Å². The number of rotatable bonds is 6. The van der Waals surface area contributed by atoms with E-state index >= 15 is 0 Å². The van der Waals surface area contributed by atoms with Gasteiger partial charge in [0.2, 0.25) is 0 Å². The second-order valence-corrected chi connectivity index (χ2v) is 5.11. The number of nitrogens with zero attached hydrogens (tertiary/aromatic N) is 2. The van der Waals surface area contributed by atoms with E-state index in [0.717, 1.165) is 16.9 Å². The number of nitriles is 2. The molecule has 110 valence electrons. The normalized spacial score (nSPS) is 11.5. The Morgan fingerprint density at radius 2 is 1.50 bits per heavy atom. The molecule has 0 aliphatic rings. The minimum Gasteiger partial charge on any atom is -0.496 e. The van der Waals surface area contributed by atoms with Crippen LogP contribution in [0.5, 0.6) is 5.75 Å². The van der Waals surface area contributed by atoms with Crippen LogP contribution in [0.15, 0.2) is 54.6 Å². The molecule has 3 nitrogen and oxygen atoms in total. The van der Waals surface area contributed by atoms with Gasteiger partial charge in [-0.2, -0.15) is 10.5 Å². The maximum Gasteiger partial charge on any atom is 0.122 e. The minimum atomic E-state index is -0.0614. The number of hydrogen-bond donors (Lipinski definition) is 0. The van der Waals surface area contributed by atoms with Crippen LogP contribution in [0.1, 0.15) is 29.9 Å². The minimum absolute atomic E-state index is 0.0309. The zero-order chi connectivity index (χ0) is 15.8. The number of methoxy groups -OCH3 is 1. The predicted molar refractivity (Wildman–Crippen MR) is 85.2 cm³/mol. The first-order valence-corrected chi connectivity index (χ1v) is 7.23. The van der Waals surface area contributed by atoms with Gasteiger partial charge in [0.1, 0.15) is 5.75 Å². The molecule has 3 heteroatoms. The molecule has 0 amide bonds. The van der Waals surface area contributed by atoms with E-state index in [1.165, 1.54) is 0 Å². The molecule has 0 saturated heterocycles. The molecule has 0 aromatic heterocycles. The zero-order valence-corrected chi connectivity index (χ0v) is 12.6. The van der Waals surface area contributed by atoms with Crippen molar-refractivity contribution < 1.29 is 4.74 Å². The van der Waals surface area contributed by atoms with E-state index in [2.05, 4.69) is 12.1 Å². The second kappa shape index (κ2) is 7.86. The monoisotopic (exact) mass is 290 g/mol. The van der Waals surface area contributed by atoms with Crippen molar-refractivity contribution in [2.45, 2.75) is 18.8 Å². The molecule has 0 heterocycles. The maximum absolute atomic E-state index is 9.14. The van der Waals surface area contributed by atoms with Crippen LogP contribution in [0, 0.1) is 28.6 Å². The van der Waals surface area contributed by atoms with Gasteiger partial charge in [-0.3, -0.25) is 0 Å². The number of ether oxygens (including phenoxy) is 1. The highest BCUT2D eigenvalue weighted by atomic mass is 16.5. The predicted octanol–water partition coefficient (Wildman–Crippen LogP) is 4.27. The first kappa shape index (κ1) is 15.6. The molecule has 0 fully saturated rings. The van der Waals surface area contributed by atoms with Crippen molar-refractivity contribution in [1.82, 2.24) is 0 Å². The standard InChI is InChI=1S/C19H18N2O/c1-22-18-10-6-5-9-17(18)19(15-7-3-2-4-8-15)16(11-13-20)12-14-21/h2-10,16,19H,11-12H2,1H3. The van der Waals surface area contributed by atoms with Crippen LogP contribution in [-0.2, 0) is 0 Å². The molecule has 0 bridgehead atoms. The summed E-state index contributed by atoms with van der Waals surface area (Å²) in [4.78, 5) is 0. The first-order valence-electron chi connectivity index (χ1n) is 7.23. The Morgan fingerprint density at radius 3 is 2.09 bits per heavy atom. The fourth-order valence-corrected chi connectivity index (χ4v) is 2.83. The van der Waals surface area contributed by atoms with Crippen molar-refractivity contribution in [2.24, 2.45) is 5.92 Å². The molecule has 2 rings (SSSR count). The topological polar surface area (TPSA) is 56.8 Å². The van der Waals surface area contributed by atoms with E-state index in [9.17, 15) is 0 Å². The average Bonchev–Trinajstić information content (AvgIpc) is 2.57. The van der Waals surface area contributed by atoms with Gasteiger partial charge in [-0.15, -0.1) is 0 Å². The Hall–Kier alpha value is -2.78. The molecule has 2 aromatic carbocycles. The van der Waals surface area contributed by atoms with Crippen LogP contribution in [0.2, 0.25) is 0 Å². The van der Waals surface area contributed by atoms with Gasteiger partial charge in [-0.05, 0) is 17.5 Å². The number of benzene rings is 2. The third-order valence-corrected chi connectivity index (χ3v) is 3.81. The van der Waals surface area contributed by atoms with Crippen molar-refractivity contribution in [3.05, 3.63) is 65.7 Å². The zero-order valence-electron chi connectivity index (χ0n) is 12.6. The molecule has 1 atom stereocenters. The van der Waals surface area contributed by atoms with Crippen molar-refractivity contribution in [3.63, 3.8) is 0 Å². The maximum atomic E-state index is 9.14. The molecule has 0 aliphatic heterocycles. The molecular formula is C19H18N2O. The van der Waals surface area contributed by atoms with E-state index in [-0.39, 0.29) is 11.8 Å². The lowest BCUT2D eigenvalue weighted by atomic mass is 9.77. The summed E-state index contributed by atoms with van der Waals surface area (Å²) in [5.74, 6) is 0.697. The van der Waals surface area contributed by atoms with Crippen molar-refractivity contribution in [3.8, 4) is 17.9 Å². The van der Waals surface area contributed by atoms with Gasteiger partial charge < -0.3 is 4.74 Å². The van der Waals surface area contributed by atoms with E-state index < -0.39 is 0 Å². The summed E-state index contributed by atoms with van der Waals surface area (Å²) < 4.78 is 5.49. The Morgan fingerprint density at radius 1 is 0.909 bits per heavy atom. The number of para-hydroxylation sites is 1. The van der Waals surface area contributed by atoms with Crippen molar-refractivity contribution in [2.75, 3.05) is 7.11 Å². The molecule has 0 saturated carbocycles. The fraction of sp³-hybridized carbons (Fsp3) is 0.263. The summed E-state index contributed by atoms with van der Waals surface area (Å²) in [5, 5.41) is 18.3. The van der Waals surface area contributed by atoms with E-state index in [0.29, 0.717) is 12.8 Å². The summed E-state index contributed by atoms with van der Waals surface area (Å²) in [6, 6.07) is 22.3. The third kappa shape index (κ3) is 3.45. The summed E-state index contributed by atoms with van der Waals surface area (Å²) in [6.45, 7) is 0. The summed E-state index contributed by atoms with van der Waals surface area (Å²) in [7, 11) is 1.64. The van der Waals surface area contributed by atoms with E-state index in [4.69, 9.17) is 15.3 Å². The van der Waals surface area contributed by atoms with Crippen molar-refractivity contribution >= 4 is 0 Å². The quantitative estimate of drug-likeness (QED) is 0.798. The lowest BCUT2D eigenvalue weighted by Crippen LogP contribution is -2.15. The second-order valence-electron chi connectivity index (χ2n) is 5.11. The van der Waals surface area contributed by atoms with Gasteiger partial charge in [0.25, 0.3) is 0 Å². The highest BCUT2D eigenvalue weighted by Gasteiger charge is 2.27. The molecule has 2 aromatic rings. The van der Waals surface area contributed by atoms with Gasteiger partial charge in [0.05, 0.1) is 19.2 Å². The fourth-order valence-electron chi connectivity index (χ4n) is 2.83. The largest absolute Gasteiger partial charge is 0.496 e. The molecular weight excluding hydrogens is 272 g/mol. The Labute approximate surface area is 131 Å². The average molecular weight is 290 g/mol. The molecule has 22 heavy (non-hydrogen) atoms. The smallest absolute Gasteiger partial charge is 0.122 e. The van der Waals surface area contributed by atoms with Crippen LogP contribution < -0.4 is 4.74 Å². The van der Waals surface area contributed by atoms with Crippen molar-refractivity contribution in [1.29, 1.82) is 10.5 Å². The number of hydrogen-bond acceptors (Lipinski definition) is 3. The van der Waals surface area contributed by atoms with Crippen LogP contribution in [0.4, 0.5) is 0 Å². The molecule has 0 radical (unpaired) electrons. The van der Waals surface area contributed by atoms with Gasteiger partial charge in [-0.25, -0.2) is 0 Å². The van der Waals surface area contributed by atoms with Gasteiger partial charge in [0.15, 0.2) is 0 Å². The molecule has 1 unspecified atom stereocenters. The lowest BCUT2D eigenvalue weighted by molar-refractivity contribution is 0.396. The highest BCUT2D eigenvalue weighted by Crippen LogP contribution is 2.39. The first-order chi connectivity index (χ1) is 10.8. The Kier molecular flexibility index (Phi) is 5.57. The lowest BCUT2D eigenvalue weighted by Gasteiger charge is -2.26. The van der Waals surface area contributed by atoms with Crippen LogP contribution in [0.25, 0.3) is 0 Å². The third-order valence-electron chi connectivity index (χ3n) is 3.81. The van der Waals surface area contributed by atoms with Gasteiger partial charge in [0, 0.05) is 24.3 Å². The van der Waals surface area contributed by atoms with Gasteiger partial charge in [-0.1, -0.05) is 48.5 Å². The molecule has 0 spiro atoms. The van der Waals surface area contributed by atoms with Gasteiger partial charge >= 0.3 is 0 Å². The summed E-state index contributed by atoms with van der Waals surface area (Å²) in [5.41, 5.74) is 2.12. The Balaban J connectivity index is 2.55. The summed E-state index contributed by atoms with van der Waals surface area (Å²) >= 11 is 0. The van der Waals surface area contributed by atoms with E-state index in [1.807, 2.05) is 54.6 Å². The Bertz CT molecular complexity index is 667. The molecule has 0 aliphatic carbocycles. The van der Waals surface area contributed by atoms with Crippen LogP contribution >= 0.6 is 0 Å².